The number of carboxylic acids is 2. The van der Waals surface area contributed by atoms with Crippen LogP contribution in [0.25, 0.3) is 0 Å². The number of hydrogen-bond acceptors (Lipinski definition) is 4. The maximum absolute atomic E-state index is 13.0. The third kappa shape index (κ3) is 5.48. The fourth-order valence-corrected chi connectivity index (χ4v) is 2.83. The van der Waals surface area contributed by atoms with E-state index in [2.05, 4.69) is 0 Å². The van der Waals surface area contributed by atoms with E-state index in [0.29, 0.717) is 0 Å². The number of rotatable bonds is 8. The van der Waals surface area contributed by atoms with Crippen LogP contribution < -0.4 is 4.72 Å². The van der Waals surface area contributed by atoms with Gasteiger partial charge in [0.05, 0.1) is 4.90 Å². The predicted octanol–water partition coefficient (Wildman–Crippen LogP) is 0.812. The molecule has 116 valence electrons. The van der Waals surface area contributed by atoms with E-state index in [4.69, 9.17) is 10.2 Å². The van der Waals surface area contributed by atoms with Crippen molar-refractivity contribution in [2.24, 2.45) is 0 Å². The van der Waals surface area contributed by atoms with Gasteiger partial charge in [0.25, 0.3) is 0 Å². The second kappa shape index (κ2) is 7.14. The Morgan fingerprint density at radius 2 is 1.95 bits per heavy atom. The normalized spacial score (nSPS) is 12.8. The van der Waals surface area contributed by atoms with Gasteiger partial charge in [-0.25, -0.2) is 12.8 Å². The quantitative estimate of drug-likeness (QED) is 0.652. The van der Waals surface area contributed by atoms with Gasteiger partial charge in [-0.15, -0.1) is 0 Å². The van der Waals surface area contributed by atoms with E-state index in [0.717, 1.165) is 18.2 Å². The molecule has 3 N–H and O–H groups in total. The van der Waals surface area contributed by atoms with Crippen molar-refractivity contribution in [2.45, 2.75) is 30.2 Å². The highest BCUT2D eigenvalue weighted by molar-refractivity contribution is 7.89. The van der Waals surface area contributed by atoms with E-state index in [1.807, 2.05) is 4.72 Å². The zero-order valence-electron chi connectivity index (χ0n) is 10.8. The minimum atomic E-state index is -4.20. The topological polar surface area (TPSA) is 121 Å². The van der Waals surface area contributed by atoms with Gasteiger partial charge < -0.3 is 10.2 Å². The molecule has 0 saturated carbocycles. The minimum Gasteiger partial charge on any atom is -0.481 e. The summed E-state index contributed by atoms with van der Waals surface area (Å²) < 4.78 is 38.8. The standard InChI is InChI=1S/C12H14FNO6S/c13-8-3-1-4-9(7-8)21(19,20)14-10(12(17)18)5-2-6-11(15)16/h1,3-4,7,10,14H,2,5-6H2,(H,15,16)(H,17,18)/t10-/m1/s1. The van der Waals surface area contributed by atoms with Crippen molar-refractivity contribution in [1.29, 1.82) is 0 Å². The Hall–Kier alpha value is -2.00. The van der Waals surface area contributed by atoms with Crippen LogP contribution in [0.5, 0.6) is 0 Å². The molecule has 0 heterocycles. The van der Waals surface area contributed by atoms with E-state index >= 15 is 0 Å². The number of carboxylic acid groups (broad SMARTS) is 2. The summed E-state index contributed by atoms with van der Waals surface area (Å²) in [7, 11) is -4.20. The molecule has 0 bridgehead atoms. The smallest absolute Gasteiger partial charge is 0.321 e. The largest absolute Gasteiger partial charge is 0.481 e. The molecule has 0 unspecified atom stereocenters. The fourth-order valence-electron chi connectivity index (χ4n) is 1.58. The maximum Gasteiger partial charge on any atom is 0.321 e. The van der Waals surface area contributed by atoms with Gasteiger partial charge in [-0.2, -0.15) is 4.72 Å². The second-order valence-corrected chi connectivity index (χ2v) is 5.97. The maximum atomic E-state index is 13.0. The van der Waals surface area contributed by atoms with Crippen LogP contribution in [-0.4, -0.2) is 36.6 Å². The Kier molecular flexibility index (Phi) is 5.79. The summed E-state index contributed by atoms with van der Waals surface area (Å²) in [6.45, 7) is 0. The van der Waals surface area contributed by atoms with E-state index in [-0.39, 0.29) is 19.3 Å². The Labute approximate surface area is 120 Å². The van der Waals surface area contributed by atoms with E-state index in [1.54, 1.807) is 0 Å². The first-order chi connectivity index (χ1) is 9.72. The molecule has 0 aliphatic heterocycles. The van der Waals surface area contributed by atoms with E-state index < -0.39 is 38.7 Å². The molecule has 9 heteroatoms. The molecule has 1 aromatic carbocycles. The van der Waals surface area contributed by atoms with Crippen molar-refractivity contribution >= 4 is 22.0 Å². The van der Waals surface area contributed by atoms with Crippen LogP contribution in [-0.2, 0) is 19.6 Å². The van der Waals surface area contributed by atoms with Gasteiger partial charge >= 0.3 is 11.9 Å². The van der Waals surface area contributed by atoms with Gasteiger partial charge in [0.15, 0.2) is 0 Å². The van der Waals surface area contributed by atoms with Crippen molar-refractivity contribution in [2.75, 3.05) is 0 Å². The van der Waals surface area contributed by atoms with Crippen LogP contribution in [0.2, 0.25) is 0 Å². The lowest BCUT2D eigenvalue weighted by atomic mass is 10.1. The van der Waals surface area contributed by atoms with Crippen molar-refractivity contribution in [3.05, 3.63) is 30.1 Å². The molecule has 0 aromatic heterocycles. The molecular weight excluding hydrogens is 305 g/mol. The summed E-state index contributed by atoms with van der Waals surface area (Å²) in [5, 5.41) is 17.4. The Bertz CT molecular complexity index is 630. The molecule has 1 aromatic rings. The summed E-state index contributed by atoms with van der Waals surface area (Å²) in [6, 6.07) is 2.66. The SMILES string of the molecule is O=C(O)CCC[C@@H](NS(=O)(=O)c1cccc(F)c1)C(=O)O. The lowest BCUT2D eigenvalue weighted by molar-refractivity contribution is -0.140. The molecule has 0 saturated heterocycles. The second-order valence-electron chi connectivity index (χ2n) is 4.26. The molecular formula is C12H14FNO6S. The Morgan fingerprint density at radius 1 is 1.29 bits per heavy atom. The zero-order valence-corrected chi connectivity index (χ0v) is 11.6. The molecule has 0 aliphatic rings. The minimum absolute atomic E-state index is 0.00201. The first-order valence-corrected chi connectivity index (χ1v) is 7.43. The third-order valence-corrected chi connectivity index (χ3v) is 4.05. The average Bonchev–Trinajstić information content (AvgIpc) is 2.37. The van der Waals surface area contributed by atoms with Crippen molar-refractivity contribution < 1.29 is 32.6 Å². The molecule has 1 atom stereocenters. The molecule has 0 spiro atoms. The van der Waals surface area contributed by atoms with Gasteiger partial charge in [0.1, 0.15) is 11.9 Å². The van der Waals surface area contributed by atoms with Crippen LogP contribution in [0.1, 0.15) is 19.3 Å². The van der Waals surface area contributed by atoms with Crippen LogP contribution in [0, 0.1) is 5.82 Å². The predicted molar refractivity (Wildman–Crippen MR) is 69.6 cm³/mol. The number of nitrogens with one attached hydrogen (secondary N) is 1. The third-order valence-electron chi connectivity index (χ3n) is 2.59. The number of hydrogen-bond donors (Lipinski definition) is 3. The first kappa shape index (κ1) is 17.1. The lowest BCUT2D eigenvalue weighted by Gasteiger charge is -2.14. The summed E-state index contributed by atoms with van der Waals surface area (Å²) in [4.78, 5) is 21.0. The number of halogens is 1. The average molecular weight is 319 g/mol. The number of carbonyl (C=O) groups is 2. The number of aliphatic carboxylic acids is 2. The van der Waals surface area contributed by atoms with Crippen LogP contribution in [0.15, 0.2) is 29.2 Å². The molecule has 21 heavy (non-hydrogen) atoms. The van der Waals surface area contributed by atoms with Gasteiger partial charge in [0.2, 0.25) is 10.0 Å². The lowest BCUT2D eigenvalue weighted by Crippen LogP contribution is -2.40. The van der Waals surface area contributed by atoms with Crippen molar-refractivity contribution in [3.8, 4) is 0 Å². The highest BCUT2D eigenvalue weighted by Crippen LogP contribution is 2.12. The molecule has 1 rings (SSSR count). The van der Waals surface area contributed by atoms with Crippen molar-refractivity contribution in [1.82, 2.24) is 4.72 Å². The van der Waals surface area contributed by atoms with Crippen molar-refractivity contribution in [3.63, 3.8) is 0 Å². The molecule has 7 nitrogen and oxygen atoms in total. The molecule has 0 amide bonds. The molecule has 0 radical (unpaired) electrons. The monoisotopic (exact) mass is 319 g/mol. The summed E-state index contributed by atoms with van der Waals surface area (Å²) in [6.07, 6.45) is -0.459. The van der Waals surface area contributed by atoms with Crippen LogP contribution in [0.4, 0.5) is 4.39 Å². The van der Waals surface area contributed by atoms with E-state index in [9.17, 15) is 22.4 Å². The summed E-state index contributed by atoms with van der Waals surface area (Å²) in [5.41, 5.74) is 0. The highest BCUT2D eigenvalue weighted by Gasteiger charge is 2.25. The highest BCUT2D eigenvalue weighted by atomic mass is 32.2. The van der Waals surface area contributed by atoms with Crippen LogP contribution in [0.3, 0.4) is 0 Å². The molecule has 0 fully saturated rings. The fraction of sp³-hybridized carbons (Fsp3) is 0.333. The van der Waals surface area contributed by atoms with Gasteiger partial charge in [-0.1, -0.05) is 6.07 Å². The summed E-state index contributed by atoms with van der Waals surface area (Å²) >= 11 is 0. The molecule has 0 aliphatic carbocycles. The van der Waals surface area contributed by atoms with E-state index in [1.165, 1.54) is 6.07 Å². The van der Waals surface area contributed by atoms with Gasteiger partial charge in [-0.3, -0.25) is 9.59 Å². The first-order valence-electron chi connectivity index (χ1n) is 5.95. The van der Waals surface area contributed by atoms with Crippen LogP contribution >= 0.6 is 0 Å². The zero-order chi connectivity index (χ0) is 16.0. The Morgan fingerprint density at radius 3 is 2.48 bits per heavy atom. The van der Waals surface area contributed by atoms with Gasteiger partial charge in [-0.05, 0) is 31.0 Å². The Balaban J connectivity index is 2.82. The number of sulfonamides is 1. The van der Waals surface area contributed by atoms with Gasteiger partial charge in [0, 0.05) is 6.42 Å². The number of benzene rings is 1. The summed E-state index contributed by atoms with van der Waals surface area (Å²) in [5.74, 6) is -3.30.